The third kappa shape index (κ3) is 4.37. The predicted molar refractivity (Wildman–Crippen MR) is 206 cm³/mol. The van der Waals surface area contributed by atoms with Gasteiger partial charge in [-0.3, -0.25) is 0 Å². The predicted octanol–water partition coefficient (Wildman–Crippen LogP) is 13.0. The number of hydrogen-bond donors (Lipinski definition) is 0. The van der Waals surface area contributed by atoms with Crippen LogP contribution in [0.4, 0.5) is 17.1 Å². The summed E-state index contributed by atoms with van der Waals surface area (Å²) in [4.78, 5) is 2.45. The van der Waals surface area contributed by atoms with Crippen LogP contribution in [0.25, 0.3) is 71.3 Å². The molecule has 10 rings (SSSR count). The Hall–Kier alpha value is -6.58. The number of furan rings is 1. The van der Waals surface area contributed by atoms with Gasteiger partial charge in [0.25, 0.3) is 0 Å². The Bertz CT molecular complexity index is 2810. The van der Waals surface area contributed by atoms with Gasteiger partial charge in [-0.2, -0.15) is 0 Å². The lowest BCUT2D eigenvalue weighted by atomic mass is 9.99. The zero-order valence-electron chi connectivity index (χ0n) is 26.6. The highest BCUT2D eigenvalue weighted by atomic mass is 16.3. The minimum Gasteiger partial charge on any atom is -0.456 e. The lowest BCUT2D eigenvalue weighted by molar-refractivity contribution is 0.669. The molecule has 2 aromatic heterocycles. The van der Waals surface area contributed by atoms with E-state index in [1.165, 1.54) is 43.7 Å². The van der Waals surface area contributed by atoms with Crippen molar-refractivity contribution in [3.05, 3.63) is 182 Å². The van der Waals surface area contributed by atoms with E-state index in [-0.39, 0.29) is 0 Å². The molecular formula is C46H30N2O. The molecule has 0 saturated heterocycles. The van der Waals surface area contributed by atoms with E-state index in [1.807, 2.05) is 12.1 Å². The molecule has 0 bridgehead atoms. The van der Waals surface area contributed by atoms with Gasteiger partial charge >= 0.3 is 0 Å². The first kappa shape index (κ1) is 27.5. The number of rotatable bonds is 5. The van der Waals surface area contributed by atoms with Crippen molar-refractivity contribution in [1.82, 2.24) is 4.57 Å². The molecule has 0 aliphatic carbocycles. The summed E-state index contributed by atoms with van der Waals surface area (Å²) < 4.78 is 8.70. The van der Waals surface area contributed by atoms with Crippen molar-refractivity contribution < 1.29 is 4.42 Å². The minimum absolute atomic E-state index is 0.882. The molecule has 0 fully saturated rings. The van der Waals surface area contributed by atoms with Gasteiger partial charge in [-0.05, 0) is 77.2 Å². The molecule has 0 spiro atoms. The molecule has 0 aliphatic heterocycles. The van der Waals surface area contributed by atoms with Gasteiger partial charge in [-0.15, -0.1) is 0 Å². The number of benzene rings is 8. The molecule has 3 heteroatoms. The largest absolute Gasteiger partial charge is 0.456 e. The van der Waals surface area contributed by atoms with Gasteiger partial charge < -0.3 is 13.9 Å². The van der Waals surface area contributed by atoms with Gasteiger partial charge in [-0.25, -0.2) is 0 Å². The maximum absolute atomic E-state index is 6.29. The lowest BCUT2D eigenvalue weighted by Crippen LogP contribution is -2.11. The molecule has 0 amide bonds. The summed E-state index contributed by atoms with van der Waals surface area (Å²) in [6.45, 7) is 0. The fourth-order valence-corrected chi connectivity index (χ4v) is 7.55. The summed E-state index contributed by atoms with van der Waals surface area (Å²) in [6, 6.07) is 65.1. The molecule has 8 aromatic carbocycles. The molecule has 0 unspecified atom stereocenters. The quantitative estimate of drug-likeness (QED) is 0.190. The average Bonchev–Trinajstić information content (AvgIpc) is 3.71. The summed E-state index contributed by atoms with van der Waals surface area (Å²) in [6.07, 6.45) is 0. The van der Waals surface area contributed by atoms with E-state index in [4.69, 9.17) is 4.42 Å². The van der Waals surface area contributed by atoms with Crippen molar-refractivity contribution in [1.29, 1.82) is 0 Å². The fraction of sp³-hybridized carbons (Fsp3) is 0. The Labute approximate surface area is 283 Å². The van der Waals surface area contributed by atoms with Gasteiger partial charge in [0, 0.05) is 44.0 Å². The molecule has 3 nitrogen and oxygen atoms in total. The van der Waals surface area contributed by atoms with E-state index in [0.717, 1.165) is 44.7 Å². The number of para-hydroxylation sites is 3. The Kier molecular flexibility index (Phi) is 6.18. The number of anilines is 3. The molecule has 10 aromatic rings. The standard InChI is InChI=1S/C46H30N2O/c1-3-13-31(14-4-1)32-23-25-35(26-24-32)47(36-27-28-44-40(30-36)38-19-10-12-22-43(38)49-44)46-37-18-8-7-15-33(37)29-42-45(46)39-20-9-11-21-41(39)48(42)34-16-5-2-6-17-34/h1-30H. The van der Waals surface area contributed by atoms with Crippen LogP contribution < -0.4 is 4.90 Å². The molecule has 2 heterocycles. The Morgan fingerprint density at radius 1 is 0.408 bits per heavy atom. The topological polar surface area (TPSA) is 21.3 Å². The zero-order chi connectivity index (χ0) is 32.3. The Morgan fingerprint density at radius 2 is 1.02 bits per heavy atom. The van der Waals surface area contributed by atoms with Crippen LogP contribution in [0.2, 0.25) is 0 Å². The maximum Gasteiger partial charge on any atom is 0.135 e. The SMILES string of the molecule is c1ccc(-c2ccc(N(c3ccc4oc5ccccc5c4c3)c3c4ccccc4cc4c3c3ccccc3n4-c3ccccc3)cc2)cc1. The fourth-order valence-electron chi connectivity index (χ4n) is 7.55. The molecule has 0 N–H and O–H groups in total. The molecule has 0 atom stereocenters. The normalized spacial score (nSPS) is 11.7. The van der Waals surface area contributed by atoms with Crippen LogP contribution >= 0.6 is 0 Å². The van der Waals surface area contributed by atoms with Gasteiger partial charge in [-0.1, -0.05) is 121 Å². The molecule has 0 radical (unpaired) electrons. The van der Waals surface area contributed by atoms with Crippen LogP contribution in [0.1, 0.15) is 0 Å². The summed E-state index contributed by atoms with van der Waals surface area (Å²) >= 11 is 0. The summed E-state index contributed by atoms with van der Waals surface area (Å²) in [7, 11) is 0. The van der Waals surface area contributed by atoms with Crippen LogP contribution in [-0.2, 0) is 0 Å². The van der Waals surface area contributed by atoms with E-state index >= 15 is 0 Å². The third-order valence-corrected chi connectivity index (χ3v) is 9.75. The smallest absolute Gasteiger partial charge is 0.135 e. The first-order valence-electron chi connectivity index (χ1n) is 16.7. The van der Waals surface area contributed by atoms with Crippen molar-refractivity contribution in [2.24, 2.45) is 0 Å². The molecule has 0 saturated carbocycles. The van der Waals surface area contributed by atoms with Gasteiger partial charge in [0.2, 0.25) is 0 Å². The van der Waals surface area contributed by atoms with Gasteiger partial charge in [0.15, 0.2) is 0 Å². The summed E-state index contributed by atoms with van der Waals surface area (Å²) in [5.74, 6) is 0. The molecule has 230 valence electrons. The number of aromatic nitrogens is 1. The first-order chi connectivity index (χ1) is 24.3. The highest BCUT2D eigenvalue weighted by Gasteiger charge is 2.24. The van der Waals surface area contributed by atoms with Crippen molar-refractivity contribution in [3.8, 4) is 16.8 Å². The summed E-state index contributed by atoms with van der Waals surface area (Å²) in [5.41, 5.74) is 11.0. The average molecular weight is 627 g/mol. The maximum atomic E-state index is 6.29. The Morgan fingerprint density at radius 3 is 1.84 bits per heavy atom. The van der Waals surface area contributed by atoms with Gasteiger partial charge in [0.1, 0.15) is 11.2 Å². The van der Waals surface area contributed by atoms with Crippen LogP contribution in [-0.4, -0.2) is 4.57 Å². The van der Waals surface area contributed by atoms with Crippen molar-refractivity contribution >= 4 is 71.6 Å². The van der Waals surface area contributed by atoms with E-state index in [0.29, 0.717) is 0 Å². The molecular weight excluding hydrogens is 597 g/mol. The third-order valence-electron chi connectivity index (χ3n) is 9.75. The molecule has 49 heavy (non-hydrogen) atoms. The number of hydrogen-bond acceptors (Lipinski definition) is 2. The monoisotopic (exact) mass is 626 g/mol. The molecule has 0 aliphatic rings. The minimum atomic E-state index is 0.882. The van der Waals surface area contributed by atoms with Crippen LogP contribution in [0.5, 0.6) is 0 Å². The van der Waals surface area contributed by atoms with E-state index in [1.54, 1.807) is 0 Å². The highest BCUT2D eigenvalue weighted by Crippen LogP contribution is 2.48. The van der Waals surface area contributed by atoms with Crippen LogP contribution in [0, 0.1) is 0 Å². The van der Waals surface area contributed by atoms with E-state index in [2.05, 4.69) is 179 Å². The lowest BCUT2D eigenvalue weighted by Gasteiger charge is -2.28. The van der Waals surface area contributed by atoms with E-state index in [9.17, 15) is 0 Å². The van der Waals surface area contributed by atoms with E-state index < -0.39 is 0 Å². The van der Waals surface area contributed by atoms with Gasteiger partial charge in [0.05, 0.1) is 16.7 Å². The van der Waals surface area contributed by atoms with Crippen molar-refractivity contribution in [2.75, 3.05) is 4.90 Å². The highest BCUT2D eigenvalue weighted by molar-refractivity contribution is 6.24. The van der Waals surface area contributed by atoms with Crippen molar-refractivity contribution in [2.45, 2.75) is 0 Å². The zero-order valence-corrected chi connectivity index (χ0v) is 26.6. The van der Waals surface area contributed by atoms with Crippen molar-refractivity contribution in [3.63, 3.8) is 0 Å². The van der Waals surface area contributed by atoms with Crippen LogP contribution in [0.3, 0.4) is 0 Å². The second-order valence-corrected chi connectivity index (χ2v) is 12.6. The number of nitrogens with zero attached hydrogens (tertiary/aromatic N) is 2. The first-order valence-corrected chi connectivity index (χ1v) is 16.7. The Balaban J connectivity index is 1.33. The van der Waals surface area contributed by atoms with Crippen LogP contribution in [0.15, 0.2) is 186 Å². The second kappa shape index (κ2) is 11.0. The second-order valence-electron chi connectivity index (χ2n) is 12.6. The number of fused-ring (bicyclic) bond motifs is 7. The summed E-state index contributed by atoms with van der Waals surface area (Å²) in [5, 5.41) is 7.01.